The van der Waals surface area contributed by atoms with Crippen LogP contribution in [0.15, 0.2) is 0 Å². The van der Waals surface area contributed by atoms with E-state index in [4.69, 9.17) is 0 Å². The Balaban J connectivity index is 2.37. The SMILES string of the molecule is CC(=O)c1c(NC(=O)C(C)C)sc2c1CCN(C(C)=O)C2. The molecule has 2 rings (SSSR count). The number of Topliss-reactive ketones (excluding diaryl/α,β-unsaturated/α-hetero) is 1. The number of carbonyl (C=O) groups is 3. The van der Waals surface area contributed by atoms with Crippen molar-refractivity contribution < 1.29 is 14.4 Å². The Morgan fingerprint density at radius 3 is 2.43 bits per heavy atom. The van der Waals surface area contributed by atoms with Crippen molar-refractivity contribution in [1.29, 1.82) is 0 Å². The first kappa shape index (κ1) is 15.7. The molecule has 0 saturated carbocycles. The number of amides is 2. The number of nitrogens with zero attached hydrogens (tertiary/aromatic N) is 1. The monoisotopic (exact) mass is 308 g/mol. The molecular weight excluding hydrogens is 288 g/mol. The summed E-state index contributed by atoms with van der Waals surface area (Å²) in [6.07, 6.45) is 0.665. The molecule has 1 aliphatic rings. The first-order valence-electron chi connectivity index (χ1n) is 7.03. The molecule has 5 nitrogen and oxygen atoms in total. The summed E-state index contributed by atoms with van der Waals surface area (Å²) in [5.74, 6) is -0.244. The van der Waals surface area contributed by atoms with Crippen molar-refractivity contribution in [3.05, 3.63) is 16.0 Å². The molecule has 1 aromatic rings. The van der Waals surface area contributed by atoms with E-state index in [9.17, 15) is 14.4 Å². The number of nitrogens with one attached hydrogen (secondary N) is 1. The van der Waals surface area contributed by atoms with E-state index in [1.54, 1.807) is 11.8 Å². The van der Waals surface area contributed by atoms with Gasteiger partial charge in [0.15, 0.2) is 5.78 Å². The molecule has 1 aliphatic heterocycles. The molecule has 114 valence electrons. The van der Waals surface area contributed by atoms with Crippen LogP contribution in [0.1, 0.15) is 48.5 Å². The molecule has 0 radical (unpaired) electrons. The van der Waals surface area contributed by atoms with Gasteiger partial charge in [-0.15, -0.1) is 11.3 Å². The van der Waals surface area contributed by atoms with Crippen molar-refractivity contribution in [3.8, 4) is 0 Å². The Morgan fingerprint density at radius 2 is 1.90 bits per heavy atom. The summed E-state index contributed by atoms with van der Waals surface area (Å²) in [6.45, 7) is 7.84. The van der Waals surface area contributed by atoms with Crippen LogP contribution < -0.4 is 5.32 Å². The summed E-state index contributed by atoms with van der Waals surface area (Å²) in [6, 6.07) is 0. The third-order valence-electron chi connectivity index (χ3n) is 3.62. The Hall–Kier alpha value is -1.69. The van der Waals surface area contributed by atoms with Gasteiger partial charge >= 0.3 is 0 Å². The normalized spacial score (nSPS) is 14.0. The Kier molecular flexibility index (Phi) is 4.46. The van der Waals surface area contributed by atoms with Crippen molar-refractivity contribution in [2.45, 2.75) is 40.7 Å². The van der Waals surface area contributed by atoms with E-state index < -0.39 is 0 Å². The topological polar surface area (TPSA) is 66.5 Å². The molecule has 6 heteroatoms. The summed E-state index contributed by atoms with van der Waals surface area (Å²) in [5.41, 5.74) is 1.61. The summed E-state index contributed by atoms with van der Waals surface area (Å²) in [4.78, 5) is 38.1. The summed E-state index contributed by atoms with van der Waals surface area (Å²) in [7, 11) is 0. The zero-order chi connectivity index (χ0) is 15.7. The zero-order valence-electron chi connectivity index (χ0n) is 12.8. The van der Waals surface area contributed by atoms with Crippen LogP contribution in [0.25, 0.3) is 0 Å². The van der Waals surface area contributed by atoms with E-state index in [0.717, 1.165) is 10.4 Å². The maximum atomic E-state index is 11.9. The molecule has 0 aliphatic carbocycles. The van der Waals surface area contributed by atoms with E-state index >= 15 is 0 Å². The fourth-order valence-corrected chi connectivity index (χ4v) is 3.70. The standard InChI is InChI=1S/C15H20N2O3S/c1-8(2)14(20)16-15-13(9(3)18)11-5-6-17(10(4)19)7-12(11)21-15/h8H,5-7H2,1-4H3,(H,16,20). The molecule has 1 aromatic heterocycles. The first-order valence-corrected chi connectivity index (χ1v) is 7.84. The maximum absolute atomic E-state index is 11.9. The Labute approximate surface area is 128 Å². The number of hydrogen-bond acceptors (Lipinski definition) is 4. The number of anilines is 1. The number of hydrogen-bond donors (Lipinski definition) is 1. The second-order valence-electron chi connectivity index (χ2n) is 5.60. The smallest absolute Gasteiger partial charge is 0.227 e. The number of thiophene rings is 1. The summed E-state index contributed by atoms with van der Waals surface area (Å²) >= 11 is 1.41. The highest BCUT2D eigenvalue weighted by Crippen LogP contribution is 2.37. The first-order chi connectivity index (χ1) is 9.81. The number of ketones is 1. The Bertz CT molecular complexity index is 604. The molecule has 0 fully saturated rings. The Morgan fingerprint density at radius 1 is 1.24 bits per heavy atom. The van der Waals surface area contributed by atoms with Crippen molar-refractivity contribution in [3.63, 3.8) is 0 Å². The number of fused-ring (bicyclic) bond motifs is 1. The van der Waals surface area contributed by atoms with Crippen molar-refractivity contribution >= 4 is 33.9 Å². The average molecular weight is 308 g/mol. The predicted molar refractivity (Wildman–Crippen MR) is 82.6 cm³/mol. The van der Waals surface area contributed by atoms with Gasteiger partial charge in [0.1, 0.15) is 5.00 Å². The second kappa shape index (κ2) is 5.97. The zero-order valence-corrected chi connectivity index (χ0v) is 13.6. The minimum Gasteiger partial charge on any atom is -0.337 e. The van der Waals surface area contributed by atoms with Crippen LogP contribution >= 0.6 is 11.3 Å². The molecule has 21 heavy (non-hydrogen) atoms. The average Bonchev–Trinajstić information content (AvgIpc) is 2.74. The lowest BCUT2D eigenvalue weighted by Crippen LogP contribution is -2.33. The second-order valence-corrected chi connectivity index (χ2v) is 6.70. The molecule has 2 heterocycles. The van der Waals surface area contributed by atoms with Gasteiger partial charge in [0, 0.05) is 24.3 Å². The van der Waals surface area contributed by atoms with Gasteiger partial charge in [0.05, 0.1) is 12.1 Å². The summed E-state index contributed by atoms with van der Waals surface area (Å²) in [5, 5.41) is 3.47. The molecule has 0 spiro atoms. The predicted octanol–water partition coefficient (Wildman–Crippen LogP) is 2.45. The molecule has 2 amide bonds. The van der Waals surface area contributed by atoms with Gasteiger partial charge in [0.25, 0.3) is 0 Å². The van der Waals surface area contributed by atoms with Crippen LogP contribution in [0, 0.1) is 5.92 Å². The van der Waals surface area contributed by atoms with E-state index in [1.165, 1.54) is 18.3 Å². The quantitative estimate of drug-likeness (QED) is 0.872. The van der Waals surface area contributed by atoms with Crippen LogP contribution in [-0.2, 0) is 22.6 Å². The lowest BCUT2D eigenvalue weighted by molar-refractivity contribution is -0.129. The van der Waals surface area contributed by atoms with Crippen molar-refractivity contribution in [2.75, 3.05) is 11.9 Å². The number of carbonyl (C=O) groups excluding carboxylic acids is 3. The fraction of sp³-hybridized carbons (Fsp3) is 0.533. The molecule has 0 atom stereocenters. The molecule has 0 aromatic carbocycles. The van der Waals surface area contributed by atoms with Gasteiger partial charge < -0.3 is 10.2 Å². The lowest BCUT2D eigenvalue weighted by atomic mass is 10.0. The molecule has 0 unspecified atom stereocenters. The molecule has 0 bridgehead atoms. The van der Waals surface area contributed by atoms with Crippen molar-refractivity contribution in [2.24, 2.45) is 5.92 Å². The van der Waals surface area contributed by atoms with Gasteiger partial charge in [-0.05, 0) is 18.9 Å². The van der Waals surface area contributed by atoms with Gasteiger partial charge in [0.2, 0.25) is 11.8 Å². The molecule has 1 N–H and O–H groups in total. The molecular formula is C15H20N2O3S. The van der Waals surface area contributed by atoms with E-state index in [2.05, 4.69) is 5.32 Å². The van der Waals surface area contributed by atoms with E-state index in [0.29, 0.717) is 30.1 Å². The van der Waals surface area contributed by atoms with Gasteiger partial charge in [-0.3, -0.25) is 14.4 Å². The minimum absolute atomic E-state index is 0.0335. The van der Waals surface area contributed by atoms with Crippen LogP contribution in [0.2, 0.25) is 0 Å². The highest BCUT2D eigenvalue weighted by molar-refractivity contribution is 7.17. The minimum atomic E-state index is -0.141. The van der Waals surface area contributed by atoms with E-state index in [-0.39, 0.29) is 23.5 Å². The van der Waals surface area contributed by atoms with Crippen molar-refractivity contribution in [1.82, 2.24) is 4.90 Å². The van der Waals surface area contributed by atoms with Gasteiger partial charge in [-0.25, -0.2) is 0 Å². The highest BCUT2D eigenvalue weighted by Gasteiger charge is 2.28. The highest BCUT2D eigenvalue weighted by atomic mass is 32.1. The third-order valence-corrected chi connectivity index (χ3v) is 4.75. The largest absolute Gasteiger partial charge is 0.337 e. The van der Waals surface area contributed by atoms with Crippen LogP contribution in [-0.4, -0.2) is 29.0 Å². The fourth-order valence-electron chi connectivity index (χ4n) is 2.39. The van der Waals surface area contributed by atoms with Gasteiger partial charge in [-0.1, -0.05) is 13.8 Å². The van der Waals surface area contributed by atoms with E-state index in [1.807, 2.05) is 13.8 Å². The number of rotatable bonds is 3. The van der Waals surface area contributed by atoms with Crippen LogP contribution in [0.4, 0.5) is 5.00 Å². The third kappa shape index (κ3) is 3.15. The maximum Gasteiger partial charge on any atom is 0.227 e. The lowest BCUT2D eigenvalue weighted by Gasteiger charge is -2.25. The van der Waals surface area contributed by atoms with Gasteiger partial charge in [-0.2, -0.15) is 0 Å². The summed E-state index contributed by atoms with van der Waals surface area (Å²) < 4.78 is 0. The molecule has 0 saturated heterocycles. The van der Waals surface area contributed by atoms with Crippen LogP contribution in [0.5, 0.6) is 0 Å². The van der Waals surface area contributed by atoms with Crippen LogP contribution in [0.3, 0.4) is 0 Å².